The summed E-state index contributed by atoms with van der Waals surface area (Å²) in [5, 5.41) is 0. The van der Waals surface area contributed by atoms with E-state index in [-0.39, 0.29) is 0 Å². The van der Waals surface area contributed by atoms with Crippen LogP contribution in [0.2, 0.25) is 0 Å². The number of hydrogen-bond acceptors (Lipinski definition) is 3. The Morgan fingerprint density at radius 3 is 2.71 bits per heavy atom. The summed E-state index contributed by atoms with van der Waals surface area (Å²) in [6.07, 6.45) is 0. The van der Waals surface area contributed by atoms with Crippen LogP contribution in [0, 0.1) is 0 Å². The molecule has 0 bridgehead atoms. The van der Waals surface area contributed by atoms with Crippen molar-refractivity contribution < 1.29 is 0 Å². The molecule has 0 saturated carbocycles. The van der Waals surface area contributed by atoms with Gasteiger partial charge in [-0.2, -0.15) is 0 Å². The molecule has 1 aromatic carbocycles. The first kappa shape index (κ1) is 12.9. The Hall–Kier alpha value is -0.580. The molecule has 3 nitrogen and oxygen atoms in total. The Morgan fingerprint density at radius 1 is 1.35 bits per heavy atom. The maximum absolute atomic E-state index is 5.84. The highest BCUT2D eigenvalue weighted by molar-refractivity contribution is 9.10. The number of para-hydroxylation sites is 1. The van der Waals surface area contributed by atoms with Gasteiger partial charge in [-0.3, -0.25) is 4.90 Å². The van der Waals surface area contributed by atoms with E-state index in [0.29, 0.717) is 18.6 Å². The quantitative estimate of drug-likeness (QED) is 0.905. The molecule has 1 saturated heterocycles. The number of nitrogens with zero attached hydrogens (tertiary/aromatic N) is 2. The number of benzene rings is 1. The first-order chi connectivity index (χ1) is 8.13. The molecule has 17 heavy (non-hydrogen) atoms. The maximum atomic E-state index is 5.84. The number of likely N-dealkylation sites (N-methyl/N-ethyl adjacent to an activating group) is 1. The first-order valence-electron chi connectivity index (χ1n) is 6.05. The zero-order valence-corrected chi connectivity index (χ0v) is 12.0. The van der Waals surface area contributed by atoms with Gasteiger partial charge in [0.25, 0.3) is 0 Å². The van der Waals surface area contributed by atoms with E-state index >= 15 is 0 Å². The second-order valence-corrected chi connectivity index (χ2v) is 5.64. The van der Waals surface area contributed by atoms with Crippen molar-refractivity contribution in [3.8, 4) is 0 Å². The number of nitrogens with two attached hydrogens (primary N) is 1. The number of rotatable bonds is 2. The monoisotopic (exact) mass is 297 g/mol. The lowest BCUT2D eigenvalue weighted by atomic mass is 10.1. The zero-order chi connectivity index (χ0) is 12.4. The smallest absolute Gasteiger partial charge is 0.0514 e. The third-order valence-corrected chi connectivity index (χ3v) is 4.22. The highest BCUT2D eigenvalue weighted by Crippen LogP contribution is 2.29. The number of hydrogen-bond donors (Lipinski definition) is 1. The molecule has 2 rings (SSSR count). The van der Waals surface area contributed by atoms with Crippen molar-refractivity contribution in [1.82, 2.24) is 4.90 Å². The highest BCUT2D eigenvalue weighted by Gasteiger charge is 2.29. The molecule has 1 fully saturated rings. The summed E-state index contributed by atoms with van der Waals surface area (Å²) < 4.78 is 1.16. The van der Waals surface area contributed by atoms with Gasteiger partial charge in [-0.1, -0.05) is 12.1 Å². The molecule has 1 aromatic rings. The third-order valence-electron chi connectivity index (χ3n) is 3.55. The Balaban J connectivity index is 2.23. The molecular formula is C13H20BrN3. The van der Waals surface area contributed by atoms with E-state index < -0.39 is 0 Å². The first-order valence-corrected chi connectivity index (χ1v) is 6.84. The summed E-state index contributed by atoms with van der Waals surface area (Å²) in [5.41, 5.74) is 7.11. The molecule has 1 aliphatic rings. The molecule has 2 N–H and O–H groups in total. The van der Waals surface area contributed by atoms with Crippen molar-refractivity contribution in [3.63, 3.8) is 0 Å². The molecule has 94 valence electrons. The van der Waals surface area contributed by atoms with Crippen LogP contribution in [0.5, 0.6) is 0 Å². The molecule has 4 heteroatoms. The van der Waals surface area contributed by atoms with Crippen LogP contribution < -0.4 is 10.6 Å². The predicted molar refractivity (Wildman–Crippen MR) is 76.4 cm³/mol. The summed E-state index contributed by atoms with van der Waals surface area (Å²) >= 11 is 3.63. The molecule has 1 heterocycles. The average molecular weight is 298 g/mol. The Labute approximate surface area is 112 Å². The molecule has 0 radical (unpaired) electrons. The minimum Gasteiger partial charge on any atom is -0.365 e. The Bertz CT molecular complexity index is 383. The van der Waals surface area contributed by atoms with Crippen molar-refractivity contribution >= 4 is 21.6 Å². The number of anilines is 1. The standard InChI is InChI=1S/C13H20BrN3/c1-10-8-16(2)11(7-15)9-17(10)13-6-4-3-5-12(13)14/h3-6,10-11H,7-9,15H2,1-2H3. The molecule has 1 aliphatic heterocycles. The molecule has 2 unspecified atom stereocenters. The summed E-state index contributed by atoms with van der Waals surface area (Å²) in [6, 6.07) is 9.36. The van der Waals surface area contributed by atoms with Crippen LogP contribution in [0.25, 0.3) is 0 Å². The van der Waals surface area contributed by atoms with Crippen LogP contribution in [0.3, 0.4) is 0 Å². The van der Waals surface area contributed by atoms with E-state index in [1.807, 2.05) is 0 Å². The minimum atomic E-state index is 0.443. The topological polar surface area (TPSA) is 32.5 Å². The summed E-state index contributed by atoms with van der Waals surface area (Å²) in [6.45, 7) is 5.03. The van der Waals surface area contributed by atoms with Crippen molar-refractivity contribution in [1.29, 1.82) is 0 Å². The van der Waals surface area contributed by atoms with Gasteiger partial charge in [-0.05, 0) is 42.0 Å². The van der Waals surface area contributed by atoms with Gasteiger partial charge in [0.2, 0.25) is 0 Å². The fourth-order valence-corrected chi connectivity index (χ4v) is 3.00. The van der Waals surface area contributed by atoms with Gasteiger partial charge in [0.1, 0.15) is 0 Å². The van der Waals surface area contributed by atoms with E-state index in [1.54, 1.807) is 0 Å². The van der Waals surface area contributed by atoms with Gasteiger partial charge in [0.05, 0.1) is 5.69 Å². The maximum Gasteiger partial charge on any atom is 0.0514 e. The van der Waals surface area contributed by atoms with Crippen molar-refractivity contribution in [2.45, 2.75) is 19.0 Å². The van der Waals surface area contributed by atoms with Gasteiger partial charge in [-0.15, -0.1) is 0 Å². The van der Waals surface area contributed by atoms with Crippen LogP contribution in [-0.4, -0.2) is 43.7 Å². The predicted octanol–water partition coefficient (Wildman–Crippen LogP) is 1.92. The lowest BCUT2D eigenvalue weighted by Gasteiger charge is -2.45. The van der Waals surface area contributed by atoms with E-state index in [4.69, 9.17) is 5.73 Å². The number of halogens is 1. The normalized spacial score (nSPS) is 26.2. The SMILES string of the molecule is CC1CN(C)C(CN)CN1c1ccccc1Br. The zero-order valence-electron chi connectivity index (χ0n) is 10.4. The fourth-order valence-electron chi connectivity index (χ4n) is 2.49. The van der Waals surface area contributed by atoms with Gasteiger partial charge >= 0.3 is 0 Å². The second-order valence-electron chi connectivity index (χ2n) is 4.78. The fraction of sp³-hybridized carbons (Fsp3) is 0.538. The van der Waals surface area contributed by atoms with Crippen molar-refractivity contribution in [3.05, 3.63) is 28.7 Å². The minimum absolute atomic E-state index is 0.443. The van der Waals surface area contributed by atoms with Gasteiger partial charge in [0.15, 0.2) is 0 Å². The largest absolute Gasteiger partial charge is 0.365 e. The van der Waals surface area contributed by atoms with Crippen LogP contribution in [0.15, 0.2) is 28.7 Å². The lowest BCUT2D eigenvalue weighted by Crippen LogP contribution is -2.58. The van der Waals surface area contributed by atoms with E-state index in [0.717, 1.165) is 17.6 Å². The van der Waals surface area contributed by atoms with Gasteiger partial charge < -0.3 is 10.6 Å². The molecular weight excluding hydrogens is 278 g/mol. The van der Waals surface area contributed by atoms with Crippen LogP contribution >= 0.6 is 15.9 Å². The van der Waals surface area contributed by atoms with Crippen LogP contribution in [0.4, 0.5) is 5.69 Å². The molecule has 0 aromatic heterocycles. The molecule has 0 spiro atoms. The van der Waals surface area contributed by atoms with Gasteiger partial charge in [0, 0.05) is 36.2 Å². The molecule has 2 atom stereocenters. The highest BCUT2D eigenvalue weighted by atomic mass is 79.9. The van der Waals surface area contributed by atoms with Crippen molar-refractivity contribution in [2.75, 3.05) is 31.6 Å². The van der Waals surface area contributed by atoms with E-state index in [2.05, 4.69) is 64.0 Å². The summed E-state index contributed by atoms with van der Waals surface area (Å²) in [4.78, 5) is 4.81. The van der Waals surface area contributed by atoms with Crippen LogP contribution in [0.1, 0.15) is 6.92 Å². The summed E-state index contributed by atoms with van der Waals surface area (Å²) in [7, 11) is 2.16. The Morgan fingerprint density at radius 2 is 2.06 bits per heavy atom. The molecule has 0 amide bonds. The van der Waals surface area contributed by atoms with E-state index in [1.165, 1.54) is 5.69 Å². The van der Waals surface area contributed by atoms with Crippen LogP contribution in [-0.2, 0) is 0 Å². The number of piperazine rings is 1. The third kappa shape index (κ3) is 2.64. The second kappa shape index (κ2) is 5.38. The lowest BCUT2D eigenvalue weighted by molar-refractivity contribution is 0.197. The Kier molecular flexibility index (Phi) is 4.07. The summed E-state index contributed by atoms with van der Waals surface area (Å²) in [5.74, 6) is 0. The molecule has 0 aliphatic carbocycles. The van der Waals surface area contributed by atoms with Gasteiger partial charge in [-0.25, -0.2) is 0 Å². The van der Waals surface area contributed by atoms with E-state index in [9.17, 15) is 0 Å². The van der Waals surface area contributed by atoms with Crippen molar-refractivity contribution in [2.24, 2.45) is 5.73 Å². The average Bonchev–Trinajstić information content (AvgIpc) is 2.31.